The van der Waals surface area contributed by atoms with Crippen LogP contribution < -0.4 is 10.6 Å². The van der Waals surface area contributed by atoms with Crippen molar-refractivity contribution in [3.05, 3.63) is 24.0 Å². The van der Waals surface area contributed by atoms with Crippen molar-refractivity contribution in [2.45, 2.75) is 19.4 Å². The van der Waals surface area contributed by atoms with Gasteiger partial charge in [0.2, 0.25) is 0 Å². The first-order chi connectivity index (χ1) is 8.04. The van der Waals surface area contributed by atoms with Crippen LogP contribution >= 0.6 is 0 Å². The summed E-state index contributed by atoms with van der Waals surface area (Å²) in [6.45, 7) is 1.36. The molecule has 96 valence electrons. The molecule has 0 fully saturated rings. The van der Waals surface area contributed by atoms with Crippen molar-refractivity contribution in [3.8, 4) is 0 Å². The standard InChI is InChI=1S/C11H17F2N3O/c1-8(14)10-3-2-9(6-15-10)16(4-5-17)7-11(12)13/h2-3,6,8,11,17H,4-5,7,14H2,1H3/t8-/m1/s1. The van der Waals surface area contributed by atoms with Crippen LogP contribution in [0.5, 0.6) is 0 Å². The quantitative estimate of drug-likeness (QED) is 0.789. The summed E-state index contributed by atoms with van der Waals surface area (Å²) in [4.78, 5) is 5.49. The van der Waals surface area contributed by atoms with Crippen LogP contribution in [-0.2, 0) is 0 Å². The van der Waals surface area contributed by atoms with Crippen LogP contribution in [-0.4, -0.2) is 36.2 Å². The Morgan fingerprint density at radius 1 is 1.47 bits per heavy atom. The Balaban J connectivity index is 2.79. The number of hydrogen-bond donors (Lipinski definition) is 2. The number of rotatable bonds is 6. The van der Waals surface area contributed by atoms with E-state index in [-0.39, 0.29) is 19.2 Å². The molecular weight excluding hydrogens is 228 g/mol. The van der Waals surface area contributed by atoms with E-state index in [1.807, 2.05) is 0 Å². The average Bonchev–Trinajstić information content (AvgIpc) is 2.28. The van der Waals surface area contributed by atoms with Crippen LogP contribution in [0.2, 0.25) is 0 Å². The maximum absolute atomic E-state index is 12.3. The molecule has 17 heavy (non-hydrogen) atoms. The number of halogens is 2. The van der Waals surface area contributed by atoms with Crippen molar-refractivity contribution in [1.82, 2.24) is 4.98 Å². The fraction of sp³-hybridized carbons (Fsp3) is 0.545. The number of aliphatic hydroxyl groups is 1. The first-order valence-electron chi connectivity index (χ1n) is 5.40. The minimum absolute atomic E-state index is 0.156. The van der Waals surface area contributed by atoms with Gasteiger partial charge in [0.25, 0.3) is 6.43 Å². The molecule has 0 unspecified atom stereocenters. The lowest BCUT2D eigenvalue weighted by Crippen LogP contribution is -2.31. The number of nitrogens with zero attached hydrogens (tertiary/aromatic N) is 2. The van der Waals surface area contributed by atoms with Gasteiger partial charge in [0.1, 0.15) is 0 Å². The second kappa shape index (κ2) is 6.46. The number of aromatic nitrogens is 1. The van der Waals surface area contributed by atoms with Crippen LogP contribution in [0.1, 0.15) is 18.7 Å². The zero-order valence-corrected chi connectivity index (χ0v) is 9.68. The number of nitrogens with two attached hydrogens (primary N) is 1. The van der Waals surface area contributed by atoms with E-state index in [2.05, 4.69) is 4.98 Å². The summed E-state index contributed by atoms with van der Waals surface area (Å²) in [6.07, 6.45) is -0.953. The number of pyridine rings is 1. The third-order valence-electron chi connectivity index (χ3n) is 2.33. The highest BCUT2D eigenvalue weighted by molar-refractivity contribution is 5.44. The van der Waals surface area contributed by atoms with E-state index >= 15 is 0 Å². The molecular formula is C11H17F2N3O. The van der Waals surface area contributed by atoms with E-state index in [1.54, 1.807) is 19.1 Å². The monoisotopic (exact) mass is 245 g/mol. The van der Waals surface area contributed by atoms with Gasteiger partial charge < -0.3 is 15.7 Å². The lowest BCUT2D eigenvalue weighted by Gasteiger charge is -2.23. The Hall–Kier alpha value is -1.27. The third-order valence-corrected chi connectivity index (χ3v) is 2.33. The lowest BCUT2D eigenvalue weighted by atomic mass is 10.2. The van der Waals surface area contributed by atoms with E-state index < -0.39 is 13.0 Å². The predicted molar refractivity (Wildman–Crippen MR) is 62.1 cm³/mol. The zero-order valence-electron chi connectivity index (χ0n) is 9.68. The molecule has 0 amide bonds. The summed E-state index contributed by atoms with van der Waals surface area (Å²) in [7, 11) is 0. The number of alkyl halides is 2. The van der Waals surface area contributed by atoms with Crippen molar-refractivity contribution < 1.29 is 13.9 Å². The topological polar surface area (TPSA) is 62.4 Å². The molecule has 0 aliphatic rings. The molecule has 6 heteroatoms. The highest BCUT2D eigenvalue weighted by Crippen LogP contribution is 2.16. The van der Waals surface area contributed by atoms with Gasteiger partial charge in [-0.15, -0.1) is 0 Å². The maximum atomic E-state index is 12.3. The van der Waals surface area contributed by atoms with Gasteiger partial charge in [-0.05, 0) is 19.1 Å². The van der Waals surface area contributed by atoms with Crippen molar-refractivity contribution in [2.75, 3.05) is 24.6 Å². The molecule has 0 spiro atoms. The van der Waals surface area contributed by atoms with Crippen molar-refractivity contribution in [1.29, 1.82) is 0 Å². The largest absolute Gasteiger partial charge is 0.395 e. The van der Waals surface area contributed by atoms with E-state index in [9.17, 15) is 8.78 Å². The van der Waals surface area contributed by atoms with E-state index in [0.29, 0.717) is 11.4 Å². The van der Waals surface area contributed by atoms with Gasteiger partial charge in [-0.2, -0.15) is 0 Å². The summed E-state index contributed by atoms with van der Waals surface area (Å²) in [5.41, 5.74) is 6.91. The summed E-state index contributed by atoms with van der Waals surface area (Å²) < 4.78 is 24.7. The fourth-order valence-electron chi connectivity index (χ4n) is 1.47. The third kappa shape index (κ3) is 4.24. The summed E-state index contributed by atoms with van der Waals surface area (Å²) in [5, 5.41) is 8.83. The van der Waals surface area contributed by atoms with Crippen LogP contribution in [0, 0.1) is 0 Å². The zero-order chi connectivity index (χ0) is 12.8. The van der Waals surface area contributed by atoms with Crippen LogP contribution in [0.15, 0.2) is 18.3 Å². The van der Waals surface area contributed by atoms with Gasteiger partial charge in [-0.25, -0.2) is 8.78 Å². The summed E-state index contributed by atoms with van der Waals surface area (Å²) >= 11 is 0. The maximum Gasteiger partial charge on any atom is 0.255 e. The van der Waals surface area contributed by atoms with Gasteiger partial charge in [0, 0.05) is 12.6 Å². The van der Waals surface area contributed by atoms with Crippen LogP contribution in [0.4, 0.5) is 14.5 Å². The first kappa shape index (κ1) is 13.8. The molecule has 4 nitrogen and oxygen atoms in total. The molecule has 1 aromatic heterocycles. The van der Waals surface area contributed by atoms with E-state index in [0.717, 1.165) is 0 Å². The highest BCUT2D eigenvalue weighted by atomic mass is 19.3. The molecule has 1 rings (SSSR count). The molecule has 0 aliphatic heterocycles. The summed E-state index contributed by atoms with van der Waals surface area (Å²) in [5.74, 6) is 0. The Kier molecular flexibility index (Phi) is 5.24. The smallest absolute Gasteiger partial charge is 0.255 e. The molecule has 1 atom stereocenters. The second-order valence-corrected chi connectivity index (χ2v) is 3.79. The molecule has 0 saturated heterocycles. The number of aliphatic hydroxyl groups excluding tert-OH is 1. The second-order valence-electron chi connectivity index (χ2n) is 3.79. The van der Waals surface area contributed by atoms with Crippen LogP contribution in [0.25, 0.3) is 0 Å². The van der Waals surface area contributed by atoms with Crippen molar-refractivity contribution >= 4 is 5.69 Å². The molecule has 1 heterocycles. The minimum Gasteiger partial charge on any atom is -0.395 e. The molecule has 0 bridgehead atoms. The highest BCUT2D eigenvalue weighted by Gasteiger charge is 2.13. The van der Waals surface area contributed by atoms with Gasteiger partial charge in [-0.1, -0.05) is 0 Å². The number of anilines is 1. The molecule has 0 aromatic carbocycles. The van der Waals surface area contributed by atoms with Gasteiger partial charge in [0.15, 0.2) is 0 Å². The van der Waals surface area contributed by atoms with Gasteiger partial charge in [0.05, 0.1) is 30.7 Å². The fourth-order valence-corrected chi connectivity index (χ4v) is 1.47. The molecule has 1 aromatic rings. The van der Waals surface area contributed by atoms with Gasteiger partial charge in [-0.3, -0.25) is 4.98 Å². The average molecular weight is 245 g/mol. The Labute approximate surface area is 99.1 Å². The lowest BCUT2D eigenvalue weighted by molar-refractivity contribution is 0.153. The Morgan fingerprint density at radius 2 is 2.18 bits per heavy atom. The minimum atomic E-state index is -2.45. The summed E-state index contributed by atoms with van der Waals surface area (Å²) in [6, 6.07) is 3.20. The Morgan fingerprint density at radius 3 is 2.59 bits per heavy atom. The van der Waals surface area contributed by atoms with E-state index in [4.69, 9.17) is 10.8 Å². The van der Waals surface area contributed by atoms with Crippen LogP contribution in [0.3, 0.4) is 0 Å². The van der Waals surface area contributed by atoms with Crippen molar-refractivity contribution in [2.24, 2.45) is 5.73 Å². The normalized spacial score (nSPS) is 12.8. The Bertz CT molecular complexity index is 330. The first-order valence-corrected chi connectivity index (χ1v) is 5.40. The molecule has 0 radical (unpaired) electrons. The van der Waals surface area contributed by atoms with Crippen molar-refractivity contribution in [3.63, 3.8) is 0 Å². The molecule has 3 N–H and O–H groups in total. The predicted octanol–water partition coefficient (Wildman–Crippen LogP) is 1.17. The molecule has 0 aliphatic carbocycles. The van der Waals surface area contributed by atoms with Gasteiger partial charge >= 0.3 is 0 Å². The SMILES string of the molecule is C[C@@H](N)c1ccc(N(CCO)CC(F)F)cn1. The molecule has 0 saturated carbocycles. The number of hydrogen-bond acceptors (Lipinski definition) is 4. The van der Waals surface area contributed by atoms with E-state index in [1.165, 1.54) is 11.1 Å².